The highest BCUT2D eigenvalue weighted by atomic mass is 16.2. The highest BCUT2D eigenvalue weighted by Gasteiger charge is 2.30. The number of hydrogen-bond donors (Lipinski definition) is 1. The minimum Gasteiger partial charge on any atom is -0.358 e. The van der Waals surface area contributed by atoms with E-state index in [9.17, 15) is 4.79 Å². The first-order valence-electron chi connectivity index (χ1n) is 11.8. The maximum absolute atomic E-state index is 13.4. The second-order valence-corrected chi connectivity index (χ2v) is 9.33. The van der Waals surface area contributed by atoms with E-state index in [2.05, 4.69) is 62.4 Å². The van der Waals surface area contributed by atoms with Crippen LogP contribution in [0.15, 0.2) is 54.9 Å². The number of likely N-dealkylation sites (tertiary alicyclic amines) is 1. The Morgan fingerprint density at radius 1 is 1.18 bits per heavy atom. The Bertz CT molecular complexity index is 1270. The van der Waals surface area contributed by atoms with Crippen LogP contribution in [-0.4, -0.2) is 43.6 Å². The Balaban J connectivity index is 1.41. The number of nitrogens with zero attached hydrogens (tertiary/aromatic N) is 4. The number of pyridine rings is 1. The standard InChI is InChI=1S/C27H31N5O/c1-18(16-32-20(3)15-19(2)30-32)27(33)31-14-6-7-22(17-31)26-25(21-10-12-28-13-11-21)23-8-4-5-9-24(23)29-26/h4-5,8-13,15,18,22,29H,6-7,14,16-17H2,1-3H3. The molecule has 0 saturated carbocycles. The van der Waals surface area contributed by atoms with Gasteiger partial charge in [0.05, 0.1) is 18.2 Å². The molecule has 1 amide bonds. The molecule has 33 heavy (non-hydrogen) atoms. The van der Waals surface area contributed by atoms with E-state index in [1.54, 1.807) is 0 Å². The average molecular weight is 442 g/mol. The molecule has 170 valence electrons. The van der Waals surface area contributed by atoms with Gasteiger partial charge >= 0.3 is 0 Å². The third-order valence-electron chi connectivity index (χ3n) is 6.82. The zero-order valence-corrected chi connectivity index (χ0v) is 19.6. The smallest absolute Gasteiger partial charge is 0.227 e. The molecule has 0 radical (unpaired) electrons. The molecule has 6 nitrogen and oxygen atoms in total. The number of amides is 1. The topological polar surface area (TPSA) is 66.8 Å². The van der Waals surface area contributed by atoms with E-state index in [1.807, 2.05) is 37.8 Å². The van der Waals surface area contributed by atoms with Crippen molar-refractivity contribution < 1.29 is 4.79 Å². The SMILES string of the molecule is Cc1cc(C)n(CC(C)C(=O)N2CCCC(c3[nH]c4ccccc4c3-c3ccncc3)C2)n1. The van der Waals surface area contributed by atoms with E-state index in [0.717, 1.165) is 42.8 Å². The normalized spacial score (nSPS) is 17.4. The second kappa shape index (κ2) is 8.85. The summed E-state index contributed by atoms with van der Waals surface area (Å²) in [5.74, 6) is 0.386. The van der Waals surface area contributed by atoms with Crippen molar-refractivity contribution in [2.45, 2.75) is 46.1 Å². The molecule has 5 rings (SSSR count). The highest BCUT2D eigenvalue weighted by molar-refractivity contribution is 5.97. The number of fused-ring (bicyclic) bond motifs is 1. The van der Waals surface area contributed by atoms with Gasteiger partial charge in [-0.25, -0.2) is 0 Å². The lowest BCUT2D eigenvalue weighted by atomic mass is 9.89. The van der Waals surface area contributed by atoms with Crippen molar-refractivity contribution in [2.24, 2.45) is 5.92 Å². The van der Waals surface area contributed by atoms with Crippen LogP contribution >= 0.6 is 0 Å². The van der Waals surface area contributed by atoms with Gasteiger partial charge in [0.2, 0.25) is 5.91 Å². The summed E-state index contributed by atoms with van der Waals surface area (Å²) >= 11 is 0. The van der Waals surface area contributed by atoms with Gasteiger partial charge in [0.25, 0.3) is 0 Å². The van der Waals surface area contributed by atoms with Crippen molar-refractivity contribution in [2.75, 3.05) is 13.1 Å². The molecule has 3 aromatic heterocycles. The number of piperidine rings is 1. The molecule has 1 aliphatic rings. The Morgan fingerprint density at radius 2 is 1.97 bits per heavy atom. The molecule has 2 atom stereocenters. The molecule has 4 heterocycles. The van der Waals surface area contributed by atoms with Gasteiger partial charge in [0, 0.05) is 59.3 Å². The van der Waals surface area contributed by atoms with Crippen molar-refractivity contribution in [1.82, 2.24) is 24.6 Å². The fourth-order valence-corrected chi connectivity index (χ4v) is 5.22. The third-order valence-corrected chi connectivity index (χ3v) is 6.82. The molecule has 1 fully saturated rings. The van der Waals surface area contributed by atoms with Crippen LogP contribution in [0.25, 0.3) is 22.0 Å². The number of H-pyrrole nitrogens is 1. The molecule has 6 heteroatoms. The highest BCUT2D eigenvalue weighted by Crippen LogP contribution is 2.39. The van der Waals surface area contributed by atoms with Gasteiger partial charge in [0.1, 0.15) is 0 Å². The predicted molar refractivity (Wildman–Crippen MR) is 131 cm³/mol. The number of aromatic amines is 1. The summed E-state index contributed by atoms with van der Waals surface area (Å²) in [6.45, 7) is 8.24. The van der Waals surface area contributed by atoms with Crippen molar-refractivity contribution >= 4 is 16.8 Å². The van der Waals surface area contributed by atoms with Crippen molar-refractivity contribution in [1.29, 1.82) is 0 Å². The number of carbonyl (C=O) groups is 1. The largest absolute Gasteiger partial charge is 0.358 e. The van der Waals surface area contributed by atoms with E-state index in [4.69, 9.17) is 0 Å². The number of carbonyl (C=O) groups excluding carboxylic acids is 1. The van der Waals surface area contributed by atoms with Crippen LogP contribution < -0.4 is 0 Å². The predicted octanol–water partition coefficient (Wildman–Crippen LogP) is 5.09. The number of aryl methyl sites for hydroxylation is 2. The van der Waals surface area contributed by atoms with Gasteiger partial charge in [-0.15, -0.1) is 0 Å². The van der Waals surface area contributed by atoms with E-state index in [1.165, 1.54) is 22.2 Å². The fourth-order valence-electron chi connectivity index (χ4n) is 5.22. The summed E-state index contributed by atoms with van der Waals surface area (Å²) in [7, 11) is 0. The number of aromatic nitrogens is 4. The molecule has 0 aliphatic carbocycles. The maximum atomic E-state index is 13.4. The fraction of sp³-hybridized carbons (Fsp3) is 0.370. The van der Waals surface area contributed by atoms with Gasteiger partial charge in [0.15, 0.2) is 0 Å². The summed E-state index contributed by atoms with van der Waals surface area (Å²) in [6, 6.07) is 14.7. The van der Waals surface area contributed by atoms with Gasteiger partial charge in [-0.1, -0.05) is 25.1 Å². The molecule has 4 aromatic rings. The number of hydrogen-bond acceptors (Lipinski definition) is 3. The lowest BCUT2D eigenvalue weighted by Gasteiger charge is -2.34. The lowest BCUT2D eigenvalue weighted by Crippen LogP contribution is -2.42. The van der Waals surface area contributed by atoms with Gasteiger partial charge < -0.3 is 9.88 Å². The molecule has 0 bridgehead atoms. The summed E-state index contributed by atoms with van der Waals surface area (Å²) in [5, 5.41) is 5.77. The zero-order valence-electron chi connectivity index (χ0n) is 19.6. The number of rotatable bonds is 5. The molecular formula is C27H31N5O. The molecule has 1 aromatic carbocycles. The van der Waals surface area contributed by atoms with Crippen LogP contribution in [0.1, 0.15) is 42.8 Å². The van der Waals surface area contributed by atoms with E-state index in [-0.39, 0.29) is 17.7 Å². The van der Waals surface area contributed by atoms with Crippen LogP contribution in [0, 0.1) is 19.8 Å². The molecule has 1 saturated heterocycles. The molecule has 1 aliphatic heterocycles. The summed E-state index contributed by atoms with van der Waals surface area (Å²) < 4.78 is 1.96. The van der Waals surface area contributed by atoms with E-state index >= 15 is 0 Å². The number of benzene rings is 1. The number of para-hydroxylation sites is 1. The number of nitrogens with one attached hydrogen (secondary N) is 1. The van der Waals surface area contributed by atoms with Gasteiger partial charge in [-0.3, -0.25) is 14.5 Å². The first-order chi connectivity index (χ1) is 16.0. The zero-order chi connectivity index (χ0) is 22.9. The Morgan fingerprint density at radius 3 is 2.73 bits per heavy atom. The quantitative estimate of drug-likeness (QED) is 0.469. The van der Waals surface area contributed by atoms with Gasteiger partial charge in [-0.05, 0) is 56.5 Å². The Labute approximate surface area is 194 Å². The summed E-state index contributed by atoms with van der Waals surface area (Å²) in [6.07, 6.45) is 5.77. The maximum Gasteiger partial charge on any atom is 0.227 e. The summed E-state index contributed by atoms with van der Waals surface area (Å²) in [4.78, 5) is 23.4. The van der Waals surface area contributed by atoms with Crippen LogP contribution in [0.2, 0.25) is 0 Å². The Kier molecular flexibility index (Phi) is 5.75. The van der Waals surface area contributed by atoms with E-state index < -0.39 is 0 Å². The molecule has 2 unspecified atom stereocenters. The van der Waals surface area contributed by atoms with Crippen LogP contribution in [0.5, 0.6) is 0 Å². The van der Waals surface area contributed by atoms with Crippen molar-refractivity contribution in [3.8, 4) is 11.1 Å². The lowest BCUT2D eigenvalue weighted by molar-refractivity contribution is -0.136. The molecule has 1 N–H and O–H groups in total. The minimum atomic E-state index is -0.107. The molecule has 0 spiro atoms. The van der Waals surface area contributed by atoms with Gasteiger partial charge in [-0.2, -0.15) is 5.10 Å². The van der Waals surface area contributed by atoms with E-state index in [0.29, 0.717) is 6.54 Å². The Hall–Kier alpha value is -3.41. The molecular weight excluding hydrogens is 410 g/mol. The average Bonchev–Trinajstić information content (AvgIpc) is 3.38. The monoisotopic (exact) mass is 441 g/mol. The second-order valence-electron chi connectivity index (χ2n) is 9.33. The van der Waals surface area contributed by atoms with Crippen molar-refractivity contribution in [3.63, 3.8) is 0 Å². The third kappa shape index (κ3) is 4.17. The van der Waals surface area contributed by atoms with Crippen molar-refractivity contribution in [3.05, 3.63) is 71.9 Å². The first-order valence-corrected chi connectivity index (χ1v) is 11.8. The summed E-state index contributed by atoms with van der Waals surface area (Å²) in [5.41, 5.74) is 6.87. The first kappa shape index (κ1) is 21.4. The van der Waals surface area contributed by atoms with Crippen LogP contribution in [-0.2, 0) is 11.3 Å². The van der Waals surface area contributed by atoms with Crippen LogP contribution in [0.3, 0.4) is 0 Å². The minimum absolute atomic E-state index is 0.107. The van der Waals surface area contributed by atoms with Crippen LogP contribution in [0.4, 0.5) is 0 Å².